The van der Waals surface area contributed by atoms with Crippen LogP contribution < -0.4 is 5.32 Å². The van der Waals surface area contributed by atoms with Gasteiger partial charge in [0.1, 0.15) is 0 Å². The van der Waals surface area contributed by atoms with Gasteiger partial charge in [0.15, 0.2) is 0 Å². The van der Waals surface area contributed by atoms with Gasteiger partial charge in [-0.2, -0.15) is 0 Å². The molecule has 2 heteroatoms. The first-order chi connectivity index (χ1) is 6.84. The second-order valence-electron chi connectivity index (χ2n) is 4.21. The molecule has 1 saturated heterocycles. The van der Waals surface area contributed by atoms with Crippen molar-refractivity contribution in [2.45, 2.75) is 19.4 Å². The summed E-state index contributed by atoms with van der Waals surface area (Å²) in [5, 5.41) is 3.48. The Labute approximate surface area is 84.1 Å². The average Bonchev–Trinajstić information content (AvgIpc) is 2.79. The number of nitrogens with one attached hydrogen (secondary N) is 1. The lowest BCUT2D eigenvalue weighted by Gasteiger charge is -2.15. The summed E-state index contributed by atoms with van der Waals surface area (Å²) in [7, 11) is 0. The highest BCUT2D eigenvalue weighted by Gasteiger charge is 2.33. The first kappa shape index (κ1) is 8.18. The molecule has 3 rings (SSSR count). The third-order valence-electron chi connectivity index (χ3n) is 3.30. The smallest absolute Gasteiger partial charge is 0.0447 e. The Morgan fingerprint density at radius 2 is 2.43 bits per heavy atom. The maximum atomic E-state index is 4.35. The first-order valence-corrected chi connectivity index (χ1v) is 5.21. The highest BCUT2D eigenvalue weighted by molar-refractivity contribution is 5.72. The van der Waals surface area contributed by atoms with Crippen LogP contribution in [0.4, 0.5) is 0 Å². The van der Waals surface area contributed by atoms with E-state index in [2.05, 4.69) is 29.4 Å². The van der Waals surface area contributed by atoms with Crippen LogP contribution in [0.2, 0.25) is 0 Å². The topological polar surface area (TPSA) is 24.9 Å². The van der Waals surface area contributed by atoms with Crippen LogP contribution in [0.25, 0.3) is 5.57 Å². The van der Waals surface area contributed by atoms with Crippen molar-refractivity contribution in [3.63, 3.8) is 0 Å². The summed E-state index contributed by atoms with van der Waals surface area (Å²) in [4.78, 5) is 4.35. The number of fused-ring (bicyclic) bond motifs is 2. The summed E-state index contributed by atoms with van der Waals surface area (Å²) in [6.07, 6.45) is 5.52. The second kappa shape index (κ2) is 2.92. The van der Waals surface area contributed by atoms with Crippen molar-refractivity contribution in [1.82, 2.24) is 10.3 Å². The van der Waals surface area contributed by atoms with E-state index in [1.807, 2.05) is 12.3 Å². The van der Waals surface area contributed by atoms with Crippen molar-refractivity contribution in [1.29, 1.82) is 0 Å². The summed E-state index contributed by atoms with van der Waals surface area (Å²) in [5.41, 5.74) is 4.02. The van der Waals surface area contributed by atoms with E-state index in [1.54, 1.807) is 0 Å². The molecule has 2 aliphatic rings. The van der Waals surface area contributed by atoms with E-state index in [1.165, 1.54) is 17.6 Å². The van der Waals surface area contributed by atoms with Crippen LogP contribution in [0, 0.1) is 12.8 Å². The third-order valence-corrected chi connectivity index (χ3v) is 3.30. The molecule has 0 saturated carbocycles. The normalized spacial score (nSPS) is 29.4. The summed E-state index contributed by atoms with van der Waals surface area (Å²) in [6, 6.07) is 4.84. The maximum absolute atomic E-state index is 4.35. The molecule has 1 fully saturated rings. The molecule has 72 valence electrons. The van der Waals surface area contributed by atoms with E-state index in [-0.39, 0.29) is 0 Å². The van der Waals surface area contributed by atoms with Gasteiger partial charge in [-0.1, -0.05) is 12.1 Å². The van der Waals surface area contributed by atoms with Gasteiger partial charge in [-0.25, -0.2) is 0 Å². The molecule has 2 heterocycles. The van der Waals surface area contributed by atoms with Gasteiger partial charge in [0, 0.05) is 24.5 Å². The highest BCUT2D eigenvalue weighted by atomic mass is 15.0. The zero-order valence-electron chi connectivity index (χ0n) is 8.33. The molecule has 0 spiro atoms. The van der Waals surface area contributed by atoms with Gasteiger partial charge >= 0.3 is 0 Å². The van der Waals surface area contributed by atoms with Crippen LogP contribution in [-0.4, -0.2) is 17.6 Å². The largest absolute Gasteiger partial charge is 0.310 e. The Morgan fingerprint density at radius 1 is 1.50 bits per heavy atom. The monoisotopic (exact) mass is 186 g/mol. The van der Waals surface area contributed by atoms with Gasteiger partial charge in [-0.05, 0) is 36.5 Å². The molecule has 1 aromatic heterocycles. The van der Waals surface area contributed by atoms with Gasteiger partial charge in [0.2, 0.25) is 0 Å². The predicted octanol–water partition coefficient (Wildman–Crippen LogP) is 1.77. The zero-order valence-corrected chi connectivity index (χ0v) is 8.33. The van der Waals surface area contributed by atoms with Crippen LogP contribution in [0.5, 0.6) is 0 Å². The lowest BCUT2D eigenvalue weighted by molar-refractivity contribution is 0.723. The van der Waals surface area contributed by atoms with Gasteiger partial charge in [0.05, 0.1) is 0 Å². The van der Waals surface area contributed by atoms with Crippen molar-refractivity contribution in [2.75, 3.05) is 6.54 Å². The summed E-state index contributed by atoms with van der Waals surface area (Å²) < 4.78 is 0. The predicted molar refractivity (Wildman–Crippen MR) is 56.8 cm³/mol. The van der Waals surface area contributed by atoms with Crippen LogP contribution in [0.1, 0.15) is 17.7 Å². The third kappa shape index (κ3) is 1.11. The van der Waals surface area contributed by atoms with Gasteiger partial charge in [-0.15, -0.1) is 0 Å². The lowest BCUT2D eigenvalue weighted by Crippen LogP contribution is -2.22. The summed E-state index contributed by atoms with van der Waals surface area (Å²) in [5.74, 6) is 0.725. The molecule has 1 N–H and O–H groups in total. The molecular weight excluding hydrogens is 172 g/mol. The quantitative estimate of drug-likeness (QED) is 0.723. The molecule has 2 atom stereocenters. The summed E-state index contributed by atoms with van der Waals surface area (Å²) in [6.45, 7) is 3.24. The van der Waals surface area contributed by atoms with Crippen LogP contribution >= 0.6 is 0 Å². The Morgan fingerprint density at radius 3 is 3.07 bits per heavy atom. The van der Waals surface area contributed by atoms with Gasteiger partial charge in [0.25, 0.3) is 0 Å². The van der Waals surface area contributed by atoms with Crippen molar-refractivity contribution < 1.29 is 0 Å². The number of nitrogens with zero attached hydrogens (tertiary/aromatic N) is 1. The van der Waals surface area contributed by atoms with Crippen LogP contribution in [0.15, 0.2) is 24.4 Å². The minimum atomic E-state index is 0.620. The minimum Gasteiger partial charge on any atom is -0.310 e. The number of pyridine rings is 1. The fourth-order valence-corrected chi connectivity index (χ4v) is 2.58. The standard InChI is InChI=1S/C12H14N2/c1-8-11(3-2-4-13-8)12-6-10-5-9(12)7-14-10/h2-4,6,9-10,14H,5,7H2,1H3. The fourth-order valence-electron chi connectivity index (χ4n) is 2.58. The second-order valence-corrected chi connectivity index (χ2v) is 4.21. The van der Waals surface area contributed by atoms with Crippen molar-refractivity contribution >= 4 is 5.57 Å². The van der Waals surface area contributed by atoms with E-state index in [4.69, 9.17) is 0 Å². The van der Waals surface area contributed by atoms with E-state index in [9.17, 15) is 0 Å². The number of hydrogen-bond donors (Lipinski definition) is 1. The number of rotatable bonds is 1. The van der Waals surface area contributed by atoms with Crippen molar-refractivity contribution in [3.05, 3.63) is 35.7 Å². The molecule has 14 heavy (non-hydrogen) atoms. The Kier molecular flexibility index (Phi) is 1.71. The zero-order chi connectivity index (χ0) is 9.54. The molecule has 1 aromatic rings. The fraction of sp³-hybridized carbons (Fsp3) is 0.417. The van der Waals surface area contributed by atoms with Crippen molar-refractivity contribution in [3.8, 4) is 0 Å². The Hall–Kier alpha value is -1.15. The number of aryl methyl sites for hydroxylation is 1. The minimum absolute atomic E-state index is 0.620. The molecule has 2 bridgehead atoms. The SMILES string of the molecule is Cc1ncccc1C1=CC2CC1CN2. The summed E-state index contributed by atoms with van der Waals surface area (Å²) >= 11 is 0. The van der Waals surface area contributed by atoms with Gasteiger partial charge in [-0.3, -0.25) is 4.98 Å². The van der Waals surface area contributed by atoms with E-state index < -0.39 is 0 Å². The molecular formula is C12H14N2. The van der Waals surface area contributed by atoms with Crippen LogP contribution in [-0.2, 0) is 0 Å². The molecule has 2 unspecified atom stereocenters. The molecule has 1 aliphatic carbocycles. The van der Waals surface area contributed by atoms with Gasteiger partial charge < -0.3 is 5.32 Å². The number of aromatic nitrogens is 1. The first-order valence-electron chi connectivity index (χ1n) is 5.21. The Bertz CT molecular complexity index is 395. The van der Waals surface area contributed by atoms with E-state index >= 15 is 0 Å². The Balaban J connectivity index is 2.04. The van der Waals surface area contributed by atoms with E-state index in [0.717, 1.165) is 18.2 Å². The molecule has 2 nitrogen and oxygen atoms in total. The maximum Gasteiger partial charge on any atom is 0.0447 e. The molecule has 0 radical (unpaired) electrons. The molecule has 0 amide bonds. The highest BCUT2D eigenvalue weighted by Crippen LogP contribution is 2.38. The molecule has 1 aliphatic heterocycles. The average molecular weight is 186 g/mol. The van der Waals surface area contributed by atoms with Crippen molar-refractivity contribution in [2.24, 2.45) is 5.92 Å². The number of hydrogen-bond acceptors (Lipinski definition) is 2. The van der Waals surface area contributed by atoms with E-state index in [0.29, 0.717) is 6.04 Å². The van der Waals surface area contributed by atoms with Crippen LogP contribution in [0.3, 0.4) is 0 Å². The lowest BCUT2D eigenvalue weighted by atomic mass is 9.95. The molecule has 0 aromatic carbocycles.